The summed E-state index contributed by atoms with van der Waals surface area (Å²) in [4.78, 5) is 12.6. The molecule has 118 valence electrons. The maximum Gasteiger partial charge on any atom is 0.354 e. The first-order valence-electron chi connectivity index (χ1n) is 7.54. The second-order valence-corrected chi connectivity index (χ2v) is 13.0. The lowest BCUT2D eigenvalue weighted by Gasteiger charge is -2.22. The Morgan fingerprint density at radius 1 is 1.23 bits per heavy atom. The molecule has 1 aromatic rings. The third-order valence-corrected chi connectivity index (χ3v) is 5.37. The number of benzene rings is 1. The van der Waals surface area contributed by atoms with Crippen LogP contribution in [-0.2, 0) is 14.3 Å². The Kier molecular flexibility index (Phi) is 4.25. The zero-order valence-electron chi connectivity index (χ0n) is 14.2. The summed E-state index contributed by atoms with van der Waals surface area (Å²) in [7, 11) is -1.66. The molecule has 0 aromatic heterocycles. The summed E-state index contributed by atoms with van der Waals surface area (Å²) in [5, 5.41) is 0. The van der Waals surface area contributed by atoms with E-state index < -0.39 is 19.3 Å². The molecule has 0 bridgehead atoms. The Bertz CT molecular complexity index is 614. The first-order valence-corrected chi connectivity index (χ1v) is 11.1. The molecule has 0 amide bonds. The highest BCUT2D eigenvalue weighted by molar-refractivity contribution is 6.78. The molecule has 0 unspecified atom stereocenters. The van der Waals surface area contributed by atoms with Gasteiger partial charge in [0, 0.05) is 5.56 Å². The first-order chi connectivity index (χ1) is 10.0. The number of epoxide rings is 1. The molecule has 2 atom stereocenters. The van der Waals surface area contributed by atoms with Crippen LogP contribution in [0.5, 0.6) is 0 Å². The summed E-state index contributed by atoms with van der Waals surface area (Å²) in [6, 6.07) is 9.62. The number of carbonyl (C=O) groups is 1. The molecule has 1 heterocycles. The predicted octanol–water partition coefficient (Wildman–Crippen LogP) is 3.39. The first kappa shape index (κ1) is 16.8. The van der Waals surface area contributed by atoms with E-state index in [1.807, 2.05) is 51.1 Å². The van der Waals surface area contributed by atoms with Crippen molar-refractivity contribution in [3.63, 3.8) is 0 Å². The number of ether oxygens (including phenoxy) is 2. The van der Waals surface area contributed by atoms with Gasteiger partial charge in [0.25, 0.3) is 0 Å². The van der Waals surface area contributed by atoms with Crippen LogP contribution in [0, 0.1) is 11.8 Å². The summed E-state index contributed by atoms with van der Waals surface area (Å²) < 4.78 is 11.3. The lowest BCUT2D eigenvalue weighted by molar-refractivity contribution is -0.159. The molecule has 1 fully saturated rings. The smallest absolute Gasteiger partial charge is 0.354 e. The van der Waals surface area contributed by atoms with Crippen LogP contribution in [-0.4, -0.2) is 31.0 Å². The second kappa shape index (κ2) is 5.57. The third kappa shape index (κ3) is 3.79. The SMILES string of the molecule is CC(C)(C)OC(=O)[C@@]1(C#Cc2ccccc2)O[C@H]1[Si](C)(C)C. The molecule has 0 saturated carbocycles. The maximum atomic E-state index is 12.6. The Balaban J connectivity index is 2.30. The minimum atomic E-state index is -1.66. The average Bonchev–Trinajstić information content (AvgIpc) is 3.12. The molecule has 1 aliphatic rings. The molecule has 0 N–H and O–H groups in total. The van der Waals surface area contributed by atoms with Gasteiger partial charge in [-0.3, -0.25) is 0 Å². The molecule has 0 radical (unpaired) electrons. The molecule has 3 nitrogen and oxygen atoms in total. The normalized spacial score (nSPS) is 24.2. The van der Waals surface area contributed by atoms with Crippen LogP contribution in [0.3, 0.4) is 0 Å². The quantitative estimate of drug-likeness (QED) is 0.363. The summed E-state index contributed by atoms with van der Waals surface area (Å²) in [5.41, 5.74) is -0.886. The number of hydrogen-bond acceptors (Lipinski definition) is 3. The van der Waals surface area contributed by atoms with Crippen molar-refractivity contribution < 1.29 is 14.3 Å². The van der Waals surface area contributed by atoms with Gasteiger partial charge in [0.2, 0.25) is 5.60 Å². The van der Waals surface area contributed by atoms with Gasteiger partial charge in [-0.05, 0) is 38.8 Å². The molecule has 1 saturated heterocycles. The van der Waals surface area contributed by atoms with E-state index in [1.165, 1.54) is 0 Å². The maximum absolute atomic E-state index is 12.6. The standard InChI is InChI=1S/C18H24O3Si/c1-17(2,3)20-15(19)18(16(21-18)22(4,5)6)13-12-14-10-8-7-9-11-14/h7-11,16H,1-6H3/t16-,18+/m0/s1. The zero-order chi connectivity index (χ0) is 16.6. The monoisotopic (exact) mass is 316 g/mol. The minimum absolute atomic E-state index is 0.119. The zero-order valence-corrected chi connectivity index (χ0v) is 15.2. The van der Waals surface area contributed by atoms with E-state index in [9.17, 15) is 4.79 Å². The number of esters is 1. The van der Waals surface area contributed by atoms with Crippen LogP contribution in [0.4, 0.5) is 0 Å². The van der Waals surface area contributed by atoms with E-state index in [-0.39, 0.29) is 11.7 Å². The van der Waals surface area contributed by atoms with E-state index in [0.717, 1.165) is 5.56 Å². The van der Waals surface area contributed by atoms with Crippen molar-refractivity contribution in [1.29, 1.82) is 0 Å². The van der Waals surface area contributed by atoms with Gasteiger partial charge in [0.1, 0.15) is 11.3 Å². The Morgan fingerprint density at radius 3 is 2.27 bits per heavy atom. The van der Waals surface area contributed by atoms with E-state index in [2.05, 4.69) is 31.5 Å². The number of rotatable bonds is 2. The molecule has 2 rings (SSSR count). The average molecular weight is 316 g/mol. The van der Waals surface area contributed by atoms with Crippen LogP contribution in [0.15, 0.2) is 30.3 Å². The van der Waals surface area contributed by atoms with Gasteiger partial charge in [0.15, 0.2) is 0 Å². The largest absolute Gasteiger partial charge is 0.457 e. The van der Waals surface area contributed by atoms with Crippen molar-refractivity contribution in [2.75, 3.05) is 0 Å². The van der Waals surface area contributed by atoms with Gasteiger partial charge in [-0.2, -0.15) is 0 Å². The molecule has 0 aliphatic carbocycles. The van der Waals surface area contributed by atoms with Crippen LogP contribution in [0.2, 0.25) is 19.6 Å². The third-order valence-electron chi connectivity index (χ3n) is 3.27. The summed E-state index contributed by atoms with van der Waals surface area (Å²) in [6.07, 6.45) is 0. The molecule has 0 spiro atoms. The van der Waals surface area contributed by atoms with Gasteiger partial charge in [-0.25, -0.2) is 4.79 Å². The van der Waals surface area contributed by atoms with Crippen molar-refractivity contribution in [3.05, 3.63) is 35.9 Å². The van der Waals surface area contributed by atoms with Crippen LogP contribution < -0.4 is 0 Å². The van der Waals surface area contributed by atoms with Gasteiger partial charge >= 0.3 is 5.97 Å². The molecular formula is C18H24O3Si. The van der Waals surface area contributed by atoms with Gasteiger partial charge in [-0.15, -0.1) is 0 Å². The summed E-state index contributed by atoms with van der Waals surface area (Å²) in [6.45, 7) is 12.1. The van der Waals surface area contributed by atoms with E-state index in [1.54, 1.807) is 0 Å². The Hall–Kier alpha value is -1.57. The lowest BCUT2D eigenvalue weighted by Crippen LogP contribution is -2.41. The fraction of sp³-hybridized carbons (Fsp3) is 0.500. The van der Waals surface area contributed by atoms with E-state index in [0.29, 0.717) is 0 Å². The van der Waals surface area contributed by atoms with Gasteiger partial charge in [-0.1, -0.05) is 43.8 Å². The Labute approximate surface area is 134 Å². The van der Waals surface area contributed by atoms with Crippen molar-refractivity contribution >= 4 is 14.0 Å². The Morgan fingerprint density at radius 2 is 1.82 bits per heavy atom. The highest BCUT2D eigenvalue weighted by atomic mass is 28.3. The molecule has 4 heteroatoms. The summed E-state index contributed by atoms with van der Waals surface area (Å²) in [5.74, 6) is 5.75. The number of hydrogen-bond donors (Lipinski definition) is 0. The fourth-order valence-corrected chi connectivity index (χ4v) is 4.23. The molecular weight excluding hydrogens is 292 g/mol. The summed E-state index contributed by atoms with van der Waals surface area (Å²) >= 11 is 0. The van der Waals surface area contributed by atoms with Crippen molar-refractivity contribution in [1.82, 2.24) is 0 Å². The van der Waals surface area contributed by atoms with Crippen LogP contribution >= 0.6 is 0 Å². The topological polar surface area (TPSA) is 38.8 Å². The van der Waals surface area contributed by atoms with Crippen LogP contribution in [0.25, 0.3) is 0 Å². The van der Waals surface area contributed by atoms with Gasteiger partial charge in [0.05, 0.1) is 8.07 Å². The number of carbonyl (C=O) groups excluding carboxylic acids is 1. The van der Waals surface area contributed by atoms with Crippen molar-refractivity contribution in [2.24, 2.45) is 0 Å². The molecule has 22 heavy (non-hydrogen) atoms. The predicted molar refractivity (Wildman–Crippen MR) is 90.1 cm³/mol. The highest BCUT2D eigenvalue weighted by Gasteiger charge is 2.68. The highest BCUT2D eigenvalue weighted by Crippen LogP contribution is 2.44. The van der Waals surface area contributed by atoms with Crippen molar-refractivity contribution in [3.8, 4) is 11.8 Å². The van der Waals surface area contributed by atoms with Crippen molar-refractivity contribution in [2.45, 2.75) is 57.3 Å². The molecule has 1 aliphatic heterocycles. The van der Waals surface area contributed by atoms with Gasteiger partial charge < -0.3 is 9.47 Å². The molecule has 1 aromatic carbocycles. The minimum Gasteiger partial charge on any atom is -0.457 e. The van der Waals surface area contributed by atoms with E-state index in [4.69, 9.17) is 9.47 Å². The fourth-order valence-electron chi connectivity index (χ4n) is 2.28. The lowest BCUT2D eigenvalue weighted by atomic mass is 10.1. The van der Waals surface area contributed by atoms with E-state index >= 15 is 0 Å². The van der Waals surface area contributed by atoms with Crippen LogP contribution in [0.1, 0.15) is 26.3 Å². The second-order valence-electron chi connectivity index (χ2n) is 7.72.